The van der Waals surface area contributed by atoms with Crippen LogP contribution in [0.4, 0.5) is 17.6 Å². The van der Waals surface area contributed by atoms with E-state index < -0.39 is 36.7 Å². The molecule has 3 aliphatic rings. The largest absolute Gasteiger partial charge is 0.496 e. The number of aromatic nitrogens is 4. The molecule has 10 rings (SSSR count). The number of aliphatic carboxylic acids is 1. The summed E-state index contributed by atoms with van der Waals surface area (Å²) in [5, 5.41) is 11.5. The van der Waals surface area contributed by atoms with Crippen LogP contribution in [0.15, 0.2) is 97.5 Å². The van der Waals surface area contributed by atoms with Gasteiger partial charge in [-0.1, -0.05) is 41.9 Å². The Morgan fingerprint density at radius 1 is 0.928 bits per heavy atom. The molecule has 358 valence electrons. The molecule has 4 bridgehead atoms. The highest BCUT2D eigenvalue weighted by Gasteiger charge is 2.33. The summed E-state index contributed by atoms with van der Waals surface area (Å²) in [7, 11) is 1.57. The molecule has 0 saturated carbocycles. The number of nitrogens with zero attached hydrogens (tertiary/aromatic N) is 6. The predicted molar refractivity (Wildman–Crippen MR) is 252 cm³/mol. The van der Waals surface area contributed by atoms with E-state index >= 15 is 0 Å². The molecule has 0 amide bonds. The predicted octanol–water partition coefficient (Wildman–Crippen LogP) is 9.96. The Balaban J connectivity index is 1.10. The molecule has 19 heteroatoms. The standard InChI is InChI=1S/C50H45ClF4N6O7S/c1-29-36-12-14-40(44(29)51)67-35(25-60-18-20-61(21-19-60)27-50(53,54)55)16-22-65-34-11-13-38(66-26-33-15-17-56-46(59-33)37-5-3-4-6-39(37)64-2)31(23-34)24-41(49(62)63)68-47-43-42(36)45(69-48(43)58-28-57-47)30-7-9-32(52)10-8-30/h3-15,17,23,28,35,41H,16,18-22,24-27H2,1-2H3,(H,62,63)/t35-,41+/m0/s1. The van der Waals surface area contributed by atoms with E-state index in [0.717, 1.165) is 0 Å². The summed E-state index contributed by atoms with van der Waals surface area (Å²) < 4.78 is 85.4. The van der Waals surface area contributed by atoms with Gasteiger partial charge < -0.3 is 28.8 Å². The van der Waals surface area contributed by atoms with Crippen molar-refractivity contribution in [2.24, 2.45) is 0 Å². The Kier molecular flexibility index (Phi) is 14.1. The zero-order valence-electron chi connectivity index (χ0n) is 37.3. The van der Waals surface area contributed by atoms with Crippen LogP contribution in [0.3, 0.4) is 0 Å². The molecular formula is C50H45ClF4N6O7S. The number of piperazine rings is 1. The van der Waals surface area contributed by atoms with E-state index in [1.54, 1.807) is 55.8 Å². The van der Waals surface area contributed by atoms with E-state index in [1.807, 2.05) is 37.3 Å². The van der Waals surface area contributed by atoms with Crippen molar-refractivity contribution in [3.05, 3.63) is 125 Å². The fourth-order valence-corrected chi connectivity index (χ4v) is 9.84. The van der Waals surface area contributed by atoms with Crippen LogP contribution in [0.1, 0.15) is 23.2 Å². The SMILES string of the molecule is COc1ccccc1-c1nccc(COc2ccc3cc2C[C@H](C(=O)O)Oc2ncnc4sc(-c5ccc(F)cc5)c(c24)-c2ccc(c(Cl)c2C)O[C@H](CN2CCN(CC(F)(F)F)CC2)CCO3)n1. The number of carboxylic acid groups (broad SMARTS) is 1. The highest BCUT2D eigenvalue weighted by molar-refractivity contribution is 7.22. The second-order valence-corrected chi connectivity index (χ2v) is 17.9. The number of para-hydroxylation sites is 1. The summed E-state index contributed by atoms with van der Waals surface area (Å²) in [6, 6.07) is 23.8. The van der Waals surface area contributed by atoms with Gasteiger partial charge in [0.1, 0.15) is 52.7 Å². The van der Waals surface area contributed by atoms with Gasteiger partial charge in [-0.3, -0.25) is 9.80 Å². The second-order valence-electron chi connectivity index (χ2n) is 16.6. The van der Waals surface area contributed by atoms with Crippen molar-refractivity contribution in [3.8, 4) is 61.8 Å². The lowest BCUT2D eigenvalue weighted by atomic mass is 9.95. The monoisotopic (exact) mass is 984 g/mol. The van der Waals surface area contributed by atoms with Gasteiger partial charge >= 0.3 is 12.1 Å². The third kappa shape index (κ3) is 11.0. The minimum Gasteiger partial charge on any atom is -0.496 e. The first-order chi connectivity index (χ1) is 33.3. The number of thiophene rings is 1. The van der Waals surface area contributed by atoms with Gasteiger partial charge in [0.25, 0.3) is 0 Å². The van der Waals surface area contributed by atoms with Crippen molar-refractivity contribution in [2.45, 2.75) is 44.8 Å². The molecule has 1 saturated heterocycles. The van der Waals surface area contributed by atoms with Crippen LogP contribution in [0.5, 0.6) is 28.9 Å². The van der Waals surface area contributed by atoms with Crippen molar-refractivity contribution in [1.82, 2.24) is 29.7 Å². The first kappa shape index (κ1) is 47.5. The summed E-state index contributed by atoms with van der Waals surface area (Å²) in [5.41, 5.74) is 4.22. The molecule has 0 spiro atoms. The van der Waals surface area contributed by atoms with Gasteiger partial charge in [-0.2, -0.15) is 13.2 Å². The van der Waals surface area contributed by atoms with Crippen molar-refractivity contribution in [3.63, 3.8) is 0 Å². The molecule has 4 aromatic carbocycles. The van der Waals surface area contributed by atoms with Gasteiger partial charge in [-0.15, -0.1) is 11.3 Å². The average molecular weight is 985 g/mol. The van der Waals surface area contributed by atoms with Crippen LogP contribution in [-0.2, 0) is 17.8 Å². The van der Waals surface area contributed by atoms with Gasteiger partial charge in [-0.25, -0.2) is 29.1 Å². The lowest BCUT2D eigenvalue weighted by Crippen LogP contribution is -2.51. The fourth-order valence-electron chi connectivity index (χ4n) is 8.47. The van der Waals surface area contributed by atoms with E-state index in [9.17, 15) is 27.5 Å². The normalized spacial score (nSPS) is 17.0. The van der Waals surface area contributed by atoms with Gasteiger partial charge in [0.2, 0.25) is 12.0 Å². The number of carboxylic acids is 1. The molecule has 1 fully saturated rings. The maximum absolute atomic E-state index is 14.3. The first-order valence-electron chi connectivity index (χ1n) is 22.0. The summed E-state index contributed by atoms with van der Waals surface area (Å²) in [4.78, 5) is 36.1. The lowest BCUT2D eigenvalue weighted by molar-refractivity contribution is -0.149. The van der Waals surface area contributed by atoms with Crippen molar-refractivity contribution in [1.29, 1.82) is 0 Å². The van der Waals surface area contributed by atoms with Gasteiger partial charge in [-0.05, 0) is 78.2 Å². The van der Waals surface area contributed by atoms with E-state index in [1.165, 1.54) is 34.7 Å². The highest BCUT2D eigenvalue weighted by Crippen LogP contribution is 2.50. The smallest absolute Gasteiger partial charge is 0.401 e. The van der Waals surface area contributed by atoms with Crippen LogP contribution in [0.25, 0.3) is 43.2 Å². The number of alkyl halides is 3. The number of rotatable bonds is 10. The van der Waals surface area contributed by atoms with E-state index in [0.29, 0.717) is 114 Å². The quantitative estimate of drug-likeness (QED) is 0.130. The topological polar surface area (TPSA) is 141 Å². The van der Waals surface area contributed by atoms with Crippen LogP contribution in [0.2, 0.25) is 5.02 Å². The number of ether oxygens (including phenoxy) is 5. The third-order valence-corrected chi connectivity index (χ3v) is 13.5. The highest BCUT2D eigenvalue weighted by atomic mass is 35.5. The Bertz CT molecular complexity index is 2970. The molecule has 0 aliphatic carbocycles. The Morgan fingerprint density at radius 2 is 1.71 bits per heavy atom. The molecule has 13 nitrogen and oxygen atoms in total. The summed E-state index contributed by atoms with van der Waals surface area (Å²) in [6.45, 7) is 2.67. The molecule has 7 aromatic rings. The van der Waals surface area contributed by atoms with Crippen LogP contribution < -0.4 is 23.7 Å². The van der Waals surface area contributed by atoms with Crippen LogP contribution in [0, 0.1) is 12.7 Å². The fraction of sp³-hybridized carbons (Fsp3) is 0.300. The molecule has 3 aliphatic heterocycles. The van der Waals surface area contributed by atoms with E-state index in [2.05, 4.69) is 19.9 Å². The Hall–Kier alpha value is -6.60. The van der Waals surface area contributed by atoms with Crippen molar-refractivity contribution in [2.75, 3.05) is 53.0 Å². The lowest BCUT2D eigenvalue weighted by Gasteiger charge is -2.36. The van der Waals surface area contributed by atoms with Crippen LogP contribution >= 0.6 is 22.9 Å². The molecular weight excluding hydrogens is 940 g/mol. The molecule has 3 aromatic heterocycles. The number of halogens is 5. The number of carbonyl (C=O) groups is 1. The zero-order valence-corrected chi connectivity index (χ0v) is 38.9. The summed E-state index contributed by atoms with van der Waals surface area (Å²) >= 11 is 8.50. The van der Waals surface area contributed by atoms with Crippen molar-refractivity contribution >= 4 is 39.1 Å². The molecule has 2 atom stereocenters. The van der Waals surface area contributed by atoms with Crippen molar-refractivity contribution < 1.29 is 51.1 Å². The number of benzene rings is 4. The minimum atomic E-state index is -4.29. The number of hydrogen-bond donors (Lipinski definition) is 1. The zero-order chi connectivity index (χ0) is 48.2. The van der Waals surface area contributed by atoms with Crippen LogP contribution in [-0.4, -0.2) is 112 Å². The van der Waals surface area contributed by atoms with E-state index in [-0.39, 0.29) is 38.6 Å². The summed E-state index contributed by atoms with van der Waals surface area (Å²) in [6.07, 6.45) is -3.24. The molecule has 6 heterocycles. The maximum Gasteiger partial charge on any atom is 0.401 e. The molecule has 1 N–H and O–H groups in total. The maximum atomic E-state index is 14.3. The Morgan fingerprint density at radius 3 is 2.48 bits per heavy atom. The summed E-state index contributed by atoms with van der Waals surface area (Å²) in [5.74, 6) is 0.476. The second kappa shape index (κ2) is 20.6. The van der Waals surface area contributed by atoms with Gasteiger partial charge in [0.05, 0.1) is 41.9 Å². The van der Waals surface area contributed by atoms with E-state index in [4.69, 9.17) is 40.3 Å². The molecule has 0 unspecified atom stereocenters. The third-order valence-electron chi connectivity index (χ3n) is 11.9. The van der Waals surface area contributed by atoms with Gasteiger partial charge in [0.15, 0.2) is 5.82 Å². The van der Waals surface area contributed by atoms with Gasteiger partial charge in [0, 0.05) is 67.8 Å². The average Bonchev–Trinajstić information content (AvgIpc) is 3.73. The number of fused-ring (bicyclic) bond motifs is 8. The first-order valence-corrected chi connectivity index (χ1v) is 23.2. The number of hydrogen-bond acceptors (Lipinski definition) is 13. The Labute approximate surface area is 403 Å². The molecule has 0 radical (unpaired) electrons. The molecule has 69 heavy (non-hydrogen) atoms. The number of methoxy groups -OCH3 is 1. The minimum absolute atomic E-state index is 0.000833.